The maximum Gasteiger partial charge on any atom is 0.159 e. The van der Waals surface area contributed by atoms with Gasteiger partial charge in [-0.3, -0.25) is 0 Å². The van der Waals surface area contributed by atoms with Gasteiger partial charge in [0.2, 0.25) is 0 Å². The van der Waals surface area contributed by atoms with Crippen LogP contribution in [0, 0.1) is 6.92 Å². The van der Waals surface area contributed by atoms with Crippen LogP contribution in [0.3, 0.4) is 0 Å². The van der Waals surface area contributed by atoms with Gasteiger partial charge in [0.1, 0.15) is 0 Å². The number of nitrogens with one attached hydrogen (secondary N) is 1. The molecule has 0 unspecified atom stereocenters. The van der Waals surface area contributed by atoms with Crippen LogP contribution in [0.15, 0.2) is 18.2 Å². The van der Waals surface area contributed by atoms with Gasteiger partial charge in [-0.1, -0.05) is 23.2 Å². The third-order valence-electron chi connectivity index (χ3n) is 3.26. The van der Waals surface area contributed by atoms with Gasteiger partial charge in [0.25, 0.3) is 0 Å². The number of hydrogen-bond acceptors (Lipinski definition) is 3. The molecule has 0 saturated carbocycles. The Morgan fingerprint density at radius 1 is 1.11 bits per heavy atom. The first-order chi connectivity index (χ1) is 9.13. The lowest BCUT2D eigenvalue weighted by Gasteiger charge is -2.18. The molecule has 0 bridgehead atoms. The summed E-state index contributed by atoms with van der Waals surface area (Å²) >= 11 is 12.1. The maximum atomic E-state index is 6.03. The van der Waals surface area contributed by atoms with Crippen molar-refractivity contribution in [2.75, 3.05) is 6.54 Å². The standard InChI is InChI=1S/C14H13Cl2N3/c1-8-12-7-17-3-2-13(12)19-14(18-8)9-4-10(15)6-11(16)5-9/h4-6,17H,2-3,7H2,1H3. The van der Waals surface area contributed by atoms with E-state index in [0.717, 1.165) is 36.5 Å². The molecule has 0 aliphatic carbocycles. The Bertz CT molecular complexity index is 621. The van der Waals surface area contributed by atoms with Crippen LogP contribution in [-0.2, 0) is 13.0 Å². The molecule has 1 aliphatic heterocycles. The van der Waals surface area contributed by atoms with E-state index in [4.69, 9.17) is 23.2 Å². The zero-order valence-corrected chi connectivity index (χ0v) is 12.0. The van der Waals surface area contributed by atoms with Crippen molar-refractivity contribution in [1.82, 2.24) is 15.3 Å². The molecule has 1 aromatic heterocycles. The number of aryl methyl sites for hydroxylation is 1. The SMILES string of the molecule is Cc1nc(-c2cc(Cl)cc(Cl)c2)nc2c1CNCC2. The molecule has 19 heavy (non-hydrogen) atoms. The largest absolute Gasteiger partial charge is 0.312 e. The molecule has 1 aliphatic rings. The monoisotopic (exact) mass is 293 g/mol. The van der Waals surface area contributed by atoms with Crippen LogP contribution in [0.5, 0.6) is 0 Å². The lowest BCUT2D eigenvalue weighted by atomic mass is 10.1. The van der Waals surface area contributed by atoms with Crippen LogP contribution in [0.2, 0.25) is 10.0 Å². The second-order valence-electron chi connectivity index (χ2n) is 4.64. The summed E-state index contributed by atoms with van der Waals surface area (Å²) in [5, 5.41) is 4.54. The van der Waals surface area contributed by atoms with Gasteiger partial charge in [-0.25, -0.2) is 9.97 Å². The summed E-state index contributed by atoms with van der Waals surface area (Å²) < 4.78 is 0. The molecule has 98 valence electrons. The Kier molecular flexibility index (Phi) is 3.44. The Morgan fingerprint density at radius 2 is 1.84 bits per heavy atom. The van der Waals surface area contributed by atoms with Crippen molar-refractivity contribution in [3.63, 3.8) is 0 Å². The summed E-state index contributed by atoms with van der Waals surface area (Å²) in [5.41, 5.74) is 4.21. The average Bonchev–Trinajstić information content (AvgIpc) is 2.37. The van der Waals surface area contributed by atoms with Crippen LogP contribution in [0.1, 0.15) is 17.0 Å². The summed E-state index contributed by atoms with van der Waals surface area (Å²) in [5.74, 6) is 0.697. The Labute approximate surface area is 122 Å². The van der Waals surface area contributed by atoms with Gasteiger partial charge in [0, 0.05) is 46.4 Å². The first-order valence-electron chi connectivity index (χ1n) is 6.17. The molecular formula is C14H13Cl2N3. The molecule has 2 heterocycles. The van der Waals surface area contributed by atoms with Crippen LogP contribution < -0.4 is 5.32 Å². The highest BCUT2D eigenvalue weighted by atomic mass is 35.5. The number of benzene rings is 1. The molecule has 0 radical (unpaired) electrons. The van der Waals surface area contributed by atoms with Crippen molar-refractivity contribution in [3.05, 3.63) is 45.2 Å². The zero-order chi connectivity index (χ0) is 13.4. The third-order valence-corrected chi connectivity index (χ3v) is 3.70. The first-order valence-corrected chi connectivity index (χ1v) is 6.92. The molecular weight excluding hydrogens is 281 g/mol. The third kappa shape index (κ3) is 2.59. The summed E-state index contributed by atoms with van der Waals surface area (Å²) in [6, 6.07) is 5.40. The minimum absolute atomic E-state index is 0.600. The van der Waals surface area contributed by atoms with E-state index >= 15 is 0 Å². The minimum Gasteiger partial charge on any atom is -0.312 e. The second kappa shape index (κ2) is 5.08. The molecule has 5 heteroatoms. The van der Waals surface area contributed by atoms with E-state index in [-0.39, 0.29) is 0 Å². The smallest absolute Gasteiger partial charge is 0.159 e. The predicted octanol–water partition coefficient (Wildman–Crippen LogP) is 3.40. The van der Waals surface area contributed by atoms with Crippen molar-refractivity contribution < 1.29 is 0 Å². The molecule has 0 saturated heterocycles. The summed E-state index contributed by atoms with van der Waals surface area (Å²) in [7, 11) is 0. The summed E-state index contributed by atoms with van der Waals surface area (Å²) in [6.45, 7) is 3.82. The van der Waals surface area contributed by atoms with E-state index < -0.39 is 0 Å². The van der Waals surface area contributed by atoms with E-state index in [1.807, 2.05) is 19.1 Å². The van der Waals surface area contributed by atoms with E-state index in [1.165, 1.54) is 5.56 Å². The van der Waals surface area contributed by atoms with Crippen LogP contribution in [0.25, 0.3) is 11.4 Å². The average molecular weight is 294 g/mol. The fourth-order valence-corrected chi connectivity index (χ4v) is 2.85. The second-order valence-corrected chi connectivity index (χ2v) is 5.52. The topological polar surface area (TPSA) is 37.8 Å². The normalized spacial score (nSPS) is 14.3. The first kappa shape index (κ1) is 12.9. The maximum absolute atomic E-state index is 6.03. The quantitative estimate of drug-likeness (QED) is 0.876. The number of halogens is 2. The van der Waals surface area contributed by atoms with Gasteiger partial charge >= 0.3 is 0 Å². The molecule has 1 aromatic carbocycles. The van der Waals surface area contributed by atoms with Crippen LogP contribution in [0.4, 0.5) is 0 Å². The van der Waals surface area contributed by atoms with Crippen molar-refractivity contribution in [2.24, 2.45) is 0 Å². The van der Waals surface area contributed by atoms with Gasteiger partial charge < -0.3 is 5.32 Å². The molecule has 0 fully saturated rings. The van der Waals surface area contributed by atoms with E-state index in [1.54, 1.807) is 6.07 Å². The fraction of sp³-hybridized carbons (Fsp3) is 0.286. The van der Waals surface area contributed by atoms with Gasteiger partial charge in [-0.05, 0) is 25.1 Å². The molecule has 0 amide bonds. The fourth-order valence-electron chi connectivity index (χ4n) is 2.32. The highest BCUT2D eigenvalue weighted by Crippen LogP contribution is 2.26. The lowest BCUT2D eigenvalue weighted by molar-refractivity contribution is 0.622. The molecule has 0 spiro atoms. The van der Waals surface area contributed by atoms with Crippen molar-refractivity contribution in [2.45, 2.75) is 19.9 Å². The van der Waals surface area contributed by atoms with Crippen LogP contribution in [-0.4, -0.2) is 16.5 Å². The lowest BCUT2D eigenvalue weighted by Crippen LogP contribution is -2.26. The van der Waals surface area contributed by atoms with E-state index in [9.17, 15) is 0 Å². The van der Waals surface area contributed by atoms with Crippen molar-refractivity contribution in [3.8, 4) is 11.4 Å². The molecule has 2 aromatic rings. The van der Waals surface area contributed by atoms with Crippen molar-refractivity contribution >= 4 is 23.2 Å². The number of fused-ring (bicyclic) bond motifs is 1. The Hall–Kier alpha value is -1.16. The predicted molar refractivity (Wildman–Crippen MR) is 77.6 cm³/mol. The number of nitrogens with zero attached hydrogens (tertiary/aromatic N) is 2. The van der Waals surface area contributed by atoms with Gasteiger partial charge in [0.15, 0.2) is 5.82 Å². The number of rotatable bonds is 1. The molecule has 0 atom stereocenters. The van der Waals surface area contributed by atoms with Gasteiger partial charge in [0.05, 0.1) is 5.69 Å². The zero-order valence-electron chi connectivity index (χ0n) is 10.5. The van der Waals surface area contributed by atoms with Crippen LogP contribution >= 0.6 is 23.2 Å². The summed E-state index contributed by atoms with van der Waals surface area (Å²) in [6.07, 6.45) is 0.931. The molecule has 3 nitrogen and oxygen atoms in total. The Balaban J connectivity index is 2.12. The minimum atomic E-state index is 0.600. The van der Waals surface area contributed by atoms with Gasteiger partial charge in [-0.2, -0.15) is 0 Å². The van der Waals surface area contributed by atoms with Crippen molar-refractivity contribution in [1.29, 1.82) is 0 Å². The molecule has 1 N–H and O–H groups in total. The number of hydrogen-bond donors (Lipinski definition) is 1. The Morgan fingerprint density at radius 3 is 2.58 bits per heavy atom. The highest BCUT2D eigenvalue weighted by molar-refractivity contribution is 6.35. The van der Waals surface area contributed by atoms with E-state index in [0.29, 0.717) is 15.9 Å². The summed E-state index contributed by atoms with van der Waals surface area (Å²) in [4.78, 5) is 9.23. The van der Waals surface area contributed by atoms with Gasteiger partial charge in [-0.15, -0.1) is 0 Å². The van der Waals surface area contributed by atoms with E-state index in [2.05, 4.69) is 15.3 Å². The highest BCUT2D eigenvalue weighted by Gasteiger charge is 2.16. The molecule has 3 rings (SSSR count). The number of aromatic nitrogens is 2.